The maximum Gasteiger partial charge on any atom is 0.257 e. The lowest BCUT2D eigenvalue weighted by atomic mass is 9.96. The number of rotatable bonds is 3. The molecular weight excluding hydrogens is 320 g/mol. The number of nitrogens with zero attached hydrogens (tertiary/aromatic N) is 1. The topological polar surface area (TPSA) is 45.5 Å². The van der Waals surface area contributed by atoms with Gasteiger partial charge in [-0.05, 0) is 48.3 Å². The largest absolute Gasteiger partial charge is 0.457 e. The minimum atomic E-state index is 0. The molecule has 0 bridgehead atoms. The quantitative estimate of drug-likeness (QED) is 0.922. The van der Waals surface area contributed by atoms with Gasteiger partial charge in [-0.25, -0.2) is 0 Å². The number of carbonyl (C=O) groups excluding carboxylic acids is 1. The standard InChI is InChI=1S/C12H17BrN2O2.ClH/c1-14-7-9-2-4-15(5-3-9)12(16)10-6-11(13)17-8-10;/h6,8-9,14H,2-5,7H2,1H3;1H. The van der Waals surface area contributed by atoms with E-state index in [0.717, 1.165) is 32.5 Å². The van der Waals surface area contributed by atoms with E-state index in [-0.39, 0.29) is 18.3 Å². The van der Waals surface area contributed by atoms with Crippen molar-refractivity contribution in [1.82, 2.24) is 10.2 Å². The van der Waals surface area contributed by atoms with E-state index in [1.54, 1.807) is 6.07 Å². The molecule has 1 aromatic rings. The highest BCUT2D eigenvalue weighted by Gasteiger charge is 2.24. The van der Waals surface area contributed by atoms with Crippen molar-refractivity contribution in [2.24, 2.45) is 5.92 Å². The Bertz CT molecular complexity index is 389. The lowest BCUT2D eigenvalue weighted by Crippen LogP contribution is -2.40. The highest BCUT2D eigenvalue weighted by molar-refractivity contribution is 9.10. The van der Waals surface area contributed by atoms with Gasteiger partial charge in [-0.15, -0.1) is 12.4 Å². The van der Waals surface area contributed by atoms with Gasteiger partial charge in [0.25, 0.3) is 5.91 Å². The van der Waals surface area contributed by atoms with Crippen LogP contribution < -0.4 is 5.32 Å². The van der Waals surface area contributed by atoms with E-state index in [0.29, 0.717) is 16.2 Å². The molecule has 18 heavy (non-hydrogen) atoms. The number of hydrogen-bond acceptors (Lipinski definition) is 3. The highest BCUT2D eigenvalue weighted by atomic mass is 79.9. The van der Waals surface area contributed by atoms with Crippen LogP contribution in [0.25, 0.3) is 0 Å². The third kappa shape index (κ3) is 3.73. The Morgan fingerprint density at radius 2 is 2.22 bits per heavy atom. The van der Waals surface area contributed by atoms with Gasteiger partial charge in [0.2, 0.25) is 0 Å². The van der Waals surface area contributed by atoms with Crippen LogP contribution in [-0.4, -0.2) is 37.5 Å². The second kappa shape index (κ2) is 7.16. The summed E-state index contributed by atoms with van der Waals surface area (Å²) in [6.45, 7) is 2.72. The molecule has 1 aliphatic rings. The summed E-state index contributed by atoms with van der Waals surface area (Å²) in [6, 6.07) is 1.72. The Kier molecular flexibility index (Phi) is 6.18. The second-order valence-corrected chi connectivity index (χ2v) is 5.21. The molecule has 1 aromatic heterocycles. The van der Waals surface area contributed by atoms with E-state index in [1.807, 2.05) is 11.9 Å². The van der Waals surface area contributed by atoms with Gasteiger partial charge in [0.15, 0.2) is 4.67 Å². The fourth-order valence-electron chi connectivity index (χ4n) is 2.23. The van der Waals surface area contributed by atoms with E-state index >= 15 is 0 Å². The lowest BCUT2D eigenvalue weighted by molar-refractivity contribution is 0.0690. The van der Waals surface area contributed by atoms with Gasteiger partial charge >= 0.3 is 0 Å². The predicted octanol–water partition coefficient (Wildman–Crippen LogP) is 2.54. The normalized spacial score (nSPS) is 16.4. The molecule has 1 fully saturated rings. The number of nitrogens with one attached hydrogen (secondary N) is 1. The van der Waals surface area contributed by atoms with E-state index in [2.05, 4.69) is 21.2 Å². The third-order valence-corrected chi connectivity index (χ3v) is 3.62. The zero-order chi connectivity index (χ0) is 12.3. The fourth-order valence-corrected chi connectivity index (χ4v) is 2.57. The van der Waals surface area contributed by atoms with E-state index in [1.165, 1.54) is 6.26 Å². The van der Waals surface area contributed by atoms with Crippen molar-refractivity contribution >= 4 is 34.2 Å². The Balaban J connectivity index is 0.00000162. The molecule has 1 amide bonds. The molecule has 6 heteroatoms. The maximum absolute atomic E-state index is 12.1. The van der Waals surface area contributed by atoms with Crippen molar-refractivity contribution in [3.05, 3.63) is 22.6 Å². The second-order valence-electron chi connectivity index (χ2n) is 4.43. The lowest BCUT2D eigenvalue weighted by Gasteiger charge is -2.31. The summed E-state index contributed by atoms with van der Waals surface area (Å²) in [6.07, 6.45) is 3.66. The van der Waals surface area contributed by atoms with Crippen molar-refractivity contribution in [1.29, 1.82) is 0 Å². The van der Waals surface area contributed by atoms with E-state index in [4.69, 9.17) is 4.42 Å². The molecule has 2 rings (SSSR count). The van der Waals surface area contributed by atoms with Crippen LogP contribution in [0.3, 0.4) is 0 Å². The van der Waals surface area contributed by atoms with Crippen LogP contribution in [0.5, 0.6) is 0 Å². The Labute approximate surface area is 122 Å². The summed E-state index contributed by atoms with van der Waals surface area (Å²) in [7, 11) is 1.97. The first kappa shape index (κ1) is 15.5. The van der Waals surface area contributed by atoms with Gasteiger partial charge in [-0.1, -0.05) is 0 Å². The Morgan fingerprint density at radius 3 is 2.72 bits per heavy atom. The molecule has 4 nitrogen and oxygen atoms in total. The first-order chi connectivity index (χ1) is 8.20. The number of hydrogen-bond donors (Lipinski definition) is 1. The van der Waals surface area contributed by atoms with Gasteiger partial charge in [-0.2, -0.15) is 0 Å². The minimum Gasteiger partial charge on any atom is -0.457 e. The number of likely N-dealkylation sites (tertiary alicyclic amines) is 1. The van der Waals surface area contributed by atoms with Gasteiger partial charge in [0, 0.05) is 19.2 Å². The fraction of sp³-hybridized carbons (Fsp3) is 0.583. The smallest absolute Gasteiger partial charge is 0.257 e. The summed E-state index contributed by atoms with van der Waals surface area (Å²) in [4.78, 5) is 14.0. The molecule has 0 unspecified atom stereocenters. The van der Waals surface area contributed by atoms with Crippen molar-refractivity contribution < 1.29 is 9.21 Å². The van der Waals surface area contributed by atoms with Crippen molar-refractivity contribution in [3.8, 4) is 0 Å². The van der Waals surface area contributed by atoms with Crippen LogP contribution in [-0.2, 0) is 0 Å². The highest BCUT2D eigenvalue weighted by Crippen LogP contribution is 2.20. The zero-order valence-corrected chi connectivity index (χ0v) is 12.7. The SMILES string of the molecule is CNCC1CCN(C(=O)c2coc(Br)c2)CC1.Cl. The summed E-state index contributed by atoms with van der Waals surface area (Å²) in [5.74, 6) is 0.766. The molecule has 0 atom stereocenters. The number of piperidine rings is 1. The number of amides is 1. The first-order valence-corrected chi connectivity index (χ1v) is 6.68. The minimum absolute atomic E-state index is 0. The summed E-state index contributed by atoms with van der Waals surface area (Å²) in [5, 5.41) is 3.19. The summed E-state index contributed by atoms with van der Waals surface area (Å²) >= 11 is 3.21. The zero-order valence-electron chi connectivity index (χ0n) is 10.3. The van der Waals surface area contributed by atoms with E-state index < -0.39 is 0 Å². The van der Waals surface area contributed by atoms with Crippen LogP contribution in [0, 0.1) is 5.92 Å². The maximum atomic E-state index is 12.1. The van der Waals surface area contributed by atoms with Gasteiger partial charge in [0.1, 0.15) is 6.26 Å². The van der Waals surface area contributed by atoms with Crippen LogP contribution in [0.4, 0.5) is 0 Å². The summed E-state index contributed by atoms with van der Waals surface area (Å²) < 4.78 is 5.70. The number of halogens is 2. The molecule has 0 aliphatic carbocycles. The average molecular weight is 338 g/mol. The van der Waals surface area contributed by atoms with Crippen molar-refractivity contribution in [2.45, 2.75) is 12.8 Å². The van der Waals surface area contributed by atoms with Crippen LogP contribution in [0.1, 0.15) is 23.2 Å². The molecule has 1 saturated heterocycles. The van der Waals surface area contributed by atoms with Gasteiger partial charge < -0.3 is 14.6 Å². The molecule has 0 saturated carbocycles. The predicted molar refractivity (Wildman–Crippen MR) is 76.2 cm³/mol. The van der Waals surface area contributed by atoms with Crippen molar-refractivity contribution in [3.63, 3.8) is 0 Å². The molecule has 1 aliphatic heterocycles. The molecule has 2 heterocycles. The molecule has 0 radical (unpaired) electrons. The van der Waals surface area contributed by atoms with E-state index in [9.17, 15) is 4.79 Å². The van der Waals surface area contributed by atoms with Gasteiger partial charge in [-0.3, -0.25) is 4.79 Å². The molecule has 102 valence electrons. The molecule has 0 spiro atoms. The monoisotopic (exact) mass is 336 g/mol. The van der Waals surface area contributed by atoms with Gasteiger partial charge in [0.05, 0.1) is 5.56 Å². The third-order valence-electron chi connectivity index (χ3n) is 3.21. The number of furan rings is 1. The van der Waals surface area contributed by atoms with Crippen molar-refractivity contribution in [2.75, 3.05) is 26.7 Å². The van der Waals surface area contributed by atoms with Crippen LogP contribution >= 0.6 is 28.3 Å². The molecule has 1 N–H and O–H groups in total. The number of carbonyl (C=O) groups is 1. The van der Waals surface area contributed by atoms with Crippen LogP contribution in [0.2, 0.25) is 0 Å². The van der Waals surface area contributed by atoms with Crippen LogP contribution in [0.15, 0.2) is 21.4 Å². The average Bonchev–Trinajstić information content (AvgIpc) is 2.76. The Hall–Kier alpha value is -0.520. The first-order valence-electron chi connectivity index (χ1n) is 5.88. The summed E-state index contributed by atoms with van der Waals surface area (Å²) in [5.41, 5.74) is 0.629. The Morgan fingerprint density at radius 1 is 1.56 bits per heavy atom. The molecular formula is C12H18BrClN2O2. The molecule has 0 aromatic carbocycles.